The molecule has 0 bridgehead atoms. The van der Waals surface area contributed by atoms with Crippen molar-refractivity contribution in [2.75, 3.05) is 6.26 Å². The average molecular weight is 847 g/mol. The van der Waals surface area contributed by atoms with Gasteiger partial charge in [0.2, 0.25) is 0 Å². The number of alkyl halides is 9. The molecule has 0 unspecified atom stereocenters. The molecule has 7 nitrogen and oxygen atoms in total. The van der Waals surface area contributed by atoms with E-state index in [2.05, 4.69) is 46.8 Å². The highest BCUT2D eigenvalue weighted by Crippen LogP contribution is 2.31. The van der Waals surface area contributed by atoms with Gasteiger partial charge in [-0.15, -0.1) is 0 Å². The third-order valence-corrected chi connectivity index (χ3v) is 6.21. The van der Waals surface area contributed by atoms with Crippen LogP contribution in [0.4, 0.5) is 39.5 Å². The number of carbonyl (C=O) groups is 1. The molecule has 0 radical (unpaired) electrons. The minimum absolute atomic E-state index is 0.187. The zero-order valence-corrected chi connectivity index (χ0v) is 25.1. The van der Waals surface area contributed by atoms with Gasteiger partial charge in [0, 0.05) is 9.83 Å². The van der Waals surface area contributed by atoms with Crippen molar-refractivity contribution in [3.63, 3.8) is 0 Å². The number of sulfone groups is 1. The Morgan fingerprint density at radius 2 is 1.25 bits per heavy atom. The van der Waals surface area contributed by atoms with Crippen LogP contribution in [0.3, 0.4) is 0 Å². The van der Waals surface area contributed by atoms with Crippen molar-refractivity contribution in [1.29, 1.82) is 0 Å². The summed E-state index contributed by atoms with van der Waals surface area (Å²) in [7, 11) is -4.02. The topological polar surface area (TPSA) is 110 Å². The lowest BCUT2D eigenvalue weighted by molar-refractivity contribution is -0.142. The molecular formula is C20H11Br2F9IN3O4S. The van der Waals surface area contributed by atoms with E-state index in [1.807, 2.05) is 0 Å². The Balaban J connectivity index is 0.000000309. The van der Waals surface area contributed by atoms with Gasteiger partial charge in [-0.3, -0.25) is 0 Å². The highest BCUT2D eigenvalue weighted by atomic mass is 127. The Morgan fingerprint density at radius 3 is 1.62 bits per heavy atom. The van der Waals surface area contributed by atoms with Crippen molar-refractivity contribution in [1.82, 2.24) is 15.0 Å². The minimum Gasteiger partial charge on any atom is -0.478 e. The molecular weight excluding hydrogens is 836 g/mol. The smallest absolute Gasteiger partial charge is 0.433 e. The molecule has 3 heterocycles. The largest absolute Gasteiger partial charge is 0.478 e. The van der Waals surface area contributed by atoms with Crippen LogP contribution in [0.5, 0.6) is 0 Å². The number of halogens is 12. The predicted molar refractivity (Wildman–Crippen MR) is 136 cm³/mol. The van der Waals surface area contributed by atoms with Gasteiger partial charge in [0.15, 0.2) is 14.9 Å². The second-order valence-corrected chi connectivity index (χ2v) is 11.8. The first kappa shape index (κ1) is 36.0. The van der Waals surface area contributed by atoms with Crippen LogP contribution < -0.4 is 0 Å². The molecule has 3 rings (SSSR count). The van der Waals surface area contributed by atoms with Crippen molar-refractivity contribution in [2.45, 2.75) is 23.6 Å². The predicted octanol–water partition coefficient (Wildman–Crippen LogP) is 7.53. The summed E-state index contributed by atoms with van der Waals surface area (Å²) in [5, 5.41) is 7.65. The molecule has 3 aromatic rings. The van der Waals surface area contributed by atoms with E-state index < -0.39 is 62.0 Å². The van der Waals surface area contributed by atoms with Gasteiger partial charge in [0.25, 0.3) is 0 Å². The van der Waals surface area contributed by atoms with Crippen LogP contribution in [0, 0.1) is 3.57 Å². The number of rotatable bonds is 2. The highest BCUT2D eigenvalue weighted by Gasteiger charge is 2.35. The monoisotopic (exact) mass is 845 g/mol. The van der Waals surface area contributed by atoms with Gasteiger partial charge in [-0.1, -0.05) is 6.07 Å². The lowest BCUT2D eigenvalue weighted by atomic mass is 10.2. The summed E-state index contributed by atoms with van der Waals surface area (Å²) >= 11 is 7.53. The van der Waals surface area contributed by atoms with Crippen molar-refractivity contribution < 1.29 is 57.8 Å². The van der Waals surface area contributed by atoms with Crippen LogP contribution in [0.2, 0.25) is 0 Å². The summed E-state index contributed by atoms with van der Waals surface area (Å²) in [6, 6.07) is 7.00. The number of aromatic nitrogens is 3. The second kappa shape index (κ2) is 13.7. The Labute approximate surface area is 249 Å². The number of hydrogen-bond donors (Lipinski definition) is 1. The lowest BCUT2D eigenvalue weighted by Crippen LogP contribution is -2.14. The Hall–Kier alpha value is -2.07. The van der Waals surface area contributed by atoms with E-state index in [1.54, 1.807) is 22.6 Å². The van der Waals surface area contributed by atoms with Gasteiger partial charge < -0.3 is 5.11 Å². The summed E-state index contributed by atoms with van der Waals surface area (Å²) in [5.74, 6) is -1.66. The molecule has 0 saturated heterocycles. The number of nitrogens with zero attached hydrogens (tertiary/aromatic N) is 3. The van der Waals surface area contributed by atoms with E-state index in [9.17, 15) is 52.7 Å². The molecule has 0 atom stereocenters. The van der Waals surface area contributed by atoms with Gasteiger partial charge in [-0.25, -0.2) is 28.2 Å². The van der Waals surface area contributed by atoms with Gasteiger partial charge in [0.05, 0.1) is 5.56 Å². The van der Waals surface area contributed by atoms with Crippen LogP contribution in [-0.2, 0) is 28.4 Å². The maximum atomic E-state index is 12.3. The van der Waals surface area contributed by atoms with Gasteiger partial charge in [-0.05, 0) is 90.8 Å². The maximum absolute atomic E-state index is 12.3. The fourth-order valence-electron chi connectivity index (χ4n) is 2.14. The van der Waals surface area contributed by atoms with Crippen LogP contribution in [0.1, 0.15) is 27.4 Å². The minimum atomic E-state index is -4.91. The van der Waals surface area contributed by atoms with Crippen LogP contribution in [0.25, 0.3) is 0 Å². The van der Waals surface area contributed by atoms with Gasteiger partial charge in [0.1, 0.15) is 26.3 Å². The SMILES string of the molecule is CS(=O)(=O)c1cc(C(=O)O)cc(C(F)(F)F)n1.FC(F)(F)c1cc(I)cc(Br)n1.FC(F)(F)c1cccc(Br)n1. The fourth-order valence-corrected chi connectivity index (χ4v) is 4.55. The van der Waals surface area contributed by atoms with E-state index in [4.69, 9.17) is 5.11 Å². The van der Waals surface area contributed by atoms with E-state index >= 15 is 0 Å². The van der Waals surface area contributed by atoms with Crippen molar-refractivity contribution in [3.8, 4) is 0 Å². The number of pyridine rings is 3. The van der Waals surface area contributed by atoms with Crippen molar-refractivity contribution >= 4 is 70.3 Å². The number of carboxylic acids is 1. The lowest BCUT2D eigenvalue weighted by Gasteiger charge is -2.08. The normalized spacial score (nSPS) is 12.0. The third kappa shape index (κ3) is 12.2. The zero-order valence-electron chi connectivity index (χ0n) is 19.0. The van der Waals surface area contributed by atoms with Crippen LogP contribution in [0.15, 0.2) is 56.7 Å². The van der Waals surface area contributed by atoms with Gasteiger partial charge >= 0.3 is 24.5 Å². The second-order valence-electron chi connectivity index (χ2n) is 6.99. The summed E-state index contributed by atoms with van der Waals surface area (Å²) < 4.78 is 132. The average Bonchev–Trinajstić information content (AvgIpc) is 2.77. The first-order chi connectivity index (χ1) is 17.9. The highest BCUT2D eigenvalue weighted by molar-refractivity contribution is 14.1. The molecule has 0 fully saturated rings. The summed E-state index contributed by atoms with van der Waals surface area (Å²) in [6.45, 7) is 0. The molecule has 0 aliphatic carbocycles. The number of hydrogen-bond acceptors (Lipinski definition) is 6. The summed E-state index contributed by atoms with van der Waals surface area (Å²) in [5.41, 5.74) is -4.10. The molecule has 1 N–H and O–H groups in total. The molecule has 0 spiro atoms. The quantitative estimate of drug-likeness (QED) is 0.161. The Morgan fingerprint density at radius 1 is 0.775 bits per heavy atom. The maximum Gasteiger partial charge on any atom is 0.433 e. The molecule has 20 heteroatoms. The third-order valence-electron chi connectivity index (χ3n) is 3.77. The van der Waals surface area contributed by atoms with Crippen molar-refractivity contribution in [2.24, 2.45) is 0 Å². The molecule has 220 valence electrons. The molecule has 40 heavy (non-hydrogen) atoms. The Bertz CT molecular complexity index is 1450. The summed E-state index contributed by atoms with van der Waals surface area (Å²) in [6.07, 6.45) is -13.0. The molecule has 0 aliphatic rings. The number of aromatic carboxylic acids is 1. The molecule has 0 amide bonds. The fraction of sp³-hybridized carbons (Fsp3) is 0.200. The van der Waals surface area contributed by atoms with Crippen molar-refractivity contribution in [3.05, 3.63) is 77.9 Å². The van der Waals surface area contributed by atoms with Crippen LogP contribution in [-0.4, -0.2) is 40.7 Å². The summed E-state index contributed by atoms with van der Waals surface area (Å²) in [4.78, 5) is 20.0. The zero-order chi connectivity index (χ0) is 31.3. The first-order valence-electron chi connectivity index (χ1n) is 9.54. The molecule has 0 aromatic carbocycles. The first-order valence-corrected chi connectivity index (χ1v) is 14.1. The number of carboxylic acid groups (broad SMARTS) is 1. The van der Waals surface area contributed by atoms with E-state index in [1.165, 1.54) is 18.2 Å². The Kier molecular flexibility index (Phi) is 12.3. The standard InChI is InChI=1S/C8H6F3NO4S.C6H2BrF3IN.C6H3BrF3N/c1-17(15,16)6-3-4(7(13)14)2-5(12-6)8(9,10)11;7-5-2-3(11)1-4(12-5)6(8,9)10;7-5-3-1-2-4(11-5)6(8,9)10/h2-3H,1H3,(H,13,14);1-2H;1-3H. The molecule has 0 saturated carbocycles. The van der Waals surface area contributed by atoms with Crippen LogP contribution >= 0.6 is 54.5 Å². The molecule has 0 aliphatic heterocycles. The van der Waals surface area contributed by atoms with E-state index in [0.29, 0.717) is 15.9 Å². The van der Waals surface area contributed by atoms with E-state index in [-0.39, 0.29) is 15.3 Å². The molecule has 3 aromatic heterocycles. The van der Waals surface area contributed by atoms with Gasteiger partial charge in [-0.2, -0.15) is 39.5 Å². The van der Waals surface area contributed by atoms with E-state index in [0.717, 1.165) is 12.1 Å².